The maximum Gasteiger partial charge on any atom is 0.0399 e. The Morgan fingerprint density at radius 1 is 1.86 bits per heavy atom. The van der Waals surface area contributed by atoms with Gasteiger partial charge in [-0.05, 0) is 6.92 Å². The second-order valence-corrected chi connectivity index (χ2v) is 4.70. The molecule has 0 N–H and O–H groups in total. The van der Waals surface area contributed by atoms with Crippen LogP contribution >= 0.6 is 8.58 Å². The lowest BCUT2D eigenvalue weighted by atomic mass is 9.78. The van der Waals surface area contributed by atoms with E-state index in [1.54, 1.807) is 0 Å². The van der Waals surface area contributed by atoms with Crippen LogP contribution in [0.25, 0.3) is 0 Å². The predicted octanol–water partition coefficient (Wildman–Crippen LogP) is 0.461. The molecule has 0 aliphatic carbocycles. The Morgan fingerprint density at radius 2 is 2.71 bits per heavy atom. The molecule has 4 aliphatic heterocycles. The quantitative estimate of drug-likeness (QED) is 0.412. The summed E-state index contributed by atoms with van der Waals surface area (Å²) in [6.07, 6.45) is 0. The summed E-state index contributed by atoms with van der Waals surface area (Å²) in [5.41, 5.74) is 0. The fraction of sp³-hybridized carbons (Fsp3) is 1.00. The van der Waals surface area contributed by atoms with Gasteiger partial charge < -0.3 is 0 Å². The van der Waals surface area contributed by atoms with Crippen molar-refractivity contribution in [2.24, 2.45) is 0 Å². The summed E-state index contributed by atoms with van der Waals surface area (Å²) in [6, 6.07) is 0.996. The molecule has 1 spiro atoms. The van der Waals surface area contributed by atoms with Gasteiger partial charge in [-0.2, -0.15) is 0 Å². The van der Waals surface area contributed by atoms with E-state index in [2.05, 4.69) is 11.8 Å². The highest BCUT2D eigenvalue weighted by atomic mass is 31.1. The lowest BCUT2D eigenvalue weighted by Gasteiger charge is -2.58. The van der Waals surface area contributed by atoms with Crippen molar-refractivity contribution < 1.29 is 0 Å². The van der Waals surface area contributed by atoms with Gasteiger partial charge in [0.2, 0.25) is 0 Å². The van der Waals surface area contributed by atoms with Crippen LogP contribution in [0.1, 0.15) is 6.92 Å². The fourth-order valence-electron chi connectivity index (χ4n) is 1.95. The first-order chi connectivity index (χ1) is 3.34. The van der Waals surface area contributed by atoms with Crippen molar-refractivity contribution in [2.45, 2.75) is 23.9 Å². The molecule has 4 aliphatic rings. The van der Waals surface area contributed by atoms with E-state index in [0.29, 0.717) is 0 Å². The van der Waals surface area contributed by atoms with Gasteiger partial charge in [0.1, 0.15) is 0 Å². The molecule has 4 saturated heterocycles. The molecule has 0 saturated carbocycles. The third kappa shape index (κ3) is 0.153. The first-order valence-corrected chi connectivity index (χ1v) is 3.96. The Balaban J connectivity index is 2.12. The lowest BCUT2D eigenvalue weighted by molar-refractivity contribution is -0.0591. The van der Waals surface area contributed by atoms with Gasteiger partial charge in [-0.1, -0.05) is 8.58 Å². The molecule has 2 bridgehead atoms. The van der Waals surface area contributed by atoms with E-state index in [1.165, 1.54) is 15.1 Å². The van der Waals surface area contributed by atoms with E-state index in [1.807, 2.05) is 0 Å². The van der Waals surface area contributed by atoms with Crippen molar-refractivity contribution in [1.29, 1.82) is 0 Å². The van der Waals surface area contributed by atoms with Crippen LogP contribution in [0.2, 0.25) is 0 Å². The Hall–Kier alpha value is 0.390. The standard InChI is InChI=1S/C5H8NP/c1-3-5-2-6(3)4(5)7-5/h3-4,7H,2H2,1H3. The zero-order valence-electron chi connectivity index (χ0n) is 4.31. The van der Waals surface area contributed by atoms with E-state index in [9.17, 15) is 0 Å². The Kier molecular flexibility index (Phi) is 0.300. The molecular weight excluding hydrogens is 105 g/mol. The number of hydrogen-bond donors (Lipinski definition) is 0. The van der Waals surface area contributed by atoms with Crippen LogP contribution in [0.15, 0.2) is 0 Å². The van der Waals surface area contributed by atoms with E-state index >= 15 is 0 Å². The topological polar surface area (TPSA) is 3.24 Å². The highest BCUT2D eigenvalue weighted by Crippen LogP contribution is 2.81. The molecule has 0 aromatic carbocycles. The maximum atomic E-state index is 2.61. The van der Waals surface area contributed by atoms with Crippen LogP contribution in [0.4, 0.5) is 0 Å². The molecule has 38 valence electrons. The zero-order chi connectivity index (χ0) is 4.65. The van der Waals surface area contributed by atoms with Crippen LogP contribution in [-0.2, 0) is 0 Å². The van der Waals surface area contributed by atoms with Crippen LogP contribution in [0, 0.1) is 0 Å². The van der Waals surface area contributed by atoms with Crippen molar-refractivity contribution in [1.82, 2.24) is 4.90 Å². The minimum absolute atomic E-state index is 0.944. The summed E-state index contributed by atoms with van der Waals surface area (Å²) in [4.78, 5) is 2.61. The minimum atomic E-state index is 0.944. The SMILES string of the molecule is CC1N2CC13PC23. The first kappa shape index (κ1) is 3.42. The van der Waals surface area contributed by atoms with Crippen LogP contribution in [-0.4, -0.2) is 28.4 Å². The van der Waals surface area contributed by atoms with Crippen LogP contribution < -0.4 is 0 Å². The van der Waals surface area contributed by atoms with Gasteiger partial charge >= 0.3 is 0 Å². The molecule has 5 atom stereocenters. The molecule has 5 unspecified atom stereocenters. The summed E-state index contributed by atoms with van der Waals surface area (Å²) in [5.74, 6) is 1.11. The minimum Gasteiger partial charge on any atom is -0.291 e. The monoisotopic (exact) mass is 113 g/mol. The van der Waals surface area contributed by atoms with Crippen LogP contribution in [0.5, 0.6) is 0 Å². The largest absolute Gasteiger partial charge is 0.291 e. The first-order valence-electron chi connectivity index (χ1n) is 2.88. The molecule has 0 amide bonds. The summed E-state index contributed by atoms with van der Waals surface area (Å²) in [7, 11) is 1.33. The normalized spacial score (nSPS) is 84.4. The summed E-state index contributed by atoms with van der Waals surface area (Å²) in [6.45, 7) is 3.82. The van der Waals surface area contributed by atoms with Crippen molar-refractivity contribution in [2.75, 3.05) is 6.54 Å². The second kappa shape index (κ2) is 0.614. The van der Waals surface area contributed by atoms with Gasteiger partial charge in [-0.25, -0.2) is 0 Å². The summed E-state index contributed by atoms with van der Waals surface area (Å²) < 4.78 is 0. The van der Waals surface area contributed by atoms with E-state index in [4.69, 9.17) is 0 Å². The highest BCUT2D eigenvalue weighted by Gasteiger charge is 2.81. The van der Waals surface area contributed by atoms with Gasteiger partial charge in [0.25, 0.3) is 0 Å². The smallest absolute Gasteiger partial charge is 0.0399 e. The van der Waals surface area contributed by atoms with Crippen molar-refractivity contribution in [3.63, 3.8) is 0 Å². The van der Waals surface area contributed by atoms with Crippen molar-refractivity contribution in [3.8, 4) is 0 Å². The molecule has 0 radical (unpaired) electrons. The van der Waals surface area contributed by atoms with Gasteiger partial charge in [-0.3, -0.25) is 4.90 Å². The molecule has 0 aromatic heterocycles. The van der Waals surface area contributed by atoms with Gasteiger partial charge in [0.05, 0.1) is 0 Å². The molecular formula is C5H8NP. The Morgan fingerprint density at radius 3 is 2.71 bits per heavy atom. The third-order valence-corrected chi connectivity index (χ3v) is 5.02. The second-order valence-electron chi connectivity index (χ2n) is 2.94. The average Bonchev–Trinajstić information content (AvgIpc) is 2.10. The van der Waals surface area contributed by atoms with E-state index in [0.717, 1.165) is 17.0 Å². The predicted molar refractivity (Wildman–Crippen MR) is 31.0 cm³/mol. The summed E-state index contributed by atoms with van der Waals surface area (Å²) >= 11 is 0. The summed E-state index contributed by atoms with van der Waals surface area (Å²) in [5, 5.41) is 0.944. The van der Waals surface area contributed by atoms with Gasteiger partial charge in [0, 0.05) is 23.5 Å². The number of rotatable bonds is 0. The average molecular weight is 113 g/mol. The van der Waals surface area contributed by atoms with Crippen LogP contribution in [0.3, 0.4) is 0 Å². The molecule has 7 heavy (non-hydrogen) atoms. The van der Waals surface area contributed by atoms with E-state index < -0.39 is 0 Å². The molecule has 4 rings (SSSR count). The highest BCUT2D eigenvalue weighted by molar-refractivity contribution is 7.51. The lowest BCUT2D eigenvalue weighted by Crippen LogP contribution is -2.75. The fourth-order valence-corrected chi connectivity index (χ4v) is 4.03. The molecule has 1 nitrogen and oxygen atoms in total. The number of hydrogen-bond acceptors (Lipinski definition) is 1. The third-order valence-electron chi connectivity index (χ3n) is 2.83. The zero-order valence-corrected chi connectivity index (χ0v) is 5.31. The Labute approximate surface area is 44.9 Å². The molecule has 4 fully saturated rings. The van der Waals surface area contributed by atoms with Gasteiger partial charge in [-0.15, -0.1) is 0 Å². The van der Waals surface area contributed by atoms with Crippen molar-refractivity contribution >= 4 is 8.58 Å². The van der Waals surface area contributed by atoms with Crippen molar-refractivity contribution in [3.05, 3.63) is 0 Å². The van der Waals surface area contributed by atoms with Gasteiger partial charge in [0.15, 0.2) is 0 Å². The molecule has 2 heteroatoms. The number of nitrogens with zero attached hydrogens (tertiary/aromatic N) is 1. The Bertz CT molecular complexity index is 143. The molecule has 0 aromatic rings. The molecule has 4 heterocycles. The van der Waals surface area contributed by atoms with E-state index in [-0.39, 0.29) is 0 Å². The maximum absolute atomic E-state index is 2.61.